The molecule has 0 atom stereocenters. The maximum absolute atomic E-state index is 5.62. The van der Waals surface area contributed by atoms with Crippen LogP contribution in [0, 0.1) is 0 Å². The number of nitrogens with zero attached hydrogens (tertiary/aromatic N) is 3. The lowest BCUT2D eigenvalue weighted by Gasteiger charge is -2.13. The second-order valence-electron chi connectivity index (χ2n) is 4.53. The summed E-state index contributed by atoms with van der Waals surface area (Å²) in [6.07, 6.45) is 2.51. The van der Waals surface area contributed by atoms with E-state index in [4.69, 9.17) is 4.42 Å². The summed E-state index contributed by atoms with van der Waals surface area (Å²) in [6, 6.07) is 11.1. The summed E-state index contributed by atoms with van der Waals surface area (Å²) in [7, 11) is 1.92. The molecule has 5 nitrogen and oxygen atoms in total. The van der Waals surface area contributed by atoms with Crippen LogP contribution in [0.2, 0.25) is 0 Å². The Morgan fingerprint density at radius 2 is 2.06 bits per heavy atom. The minimum absolute atomic E-state index is 0.522. The first kappa shape index (κ1) is 11.2. The molecule has 1 aromatic heterocycles. The van der Waals surface area contributed by atoms with E-state index in [2.05, 4.69) is 15.5 Å². The summed E-state index contributed by atoms with van der Waals surface area (Å²) in [5, 5.41) is 11.5. The summed E-state index contributed by atoms with van der Waals surface area (Å²) in [6.45, 7) is 0.653. The third-order valence-electron chi connectivity index (χ3n) is 3.01. The van der Waals surface area contributed by atoms with E-state index in [-0.39, 0.29) is 0 Å². The molecular formula is C13H16N4O. The molecule has 1 heterocycles. The SMILES string of the molecule is CN(c1ccccc1)c1nnc(CNC2CC2)o1. The predicted molar refractivity (Wildman–Crippen MR) is 68.7 cm³/mol. The van der Waals surface area contributed by atoms with E-state index in [1.807, 2.05) is 42.3 Å². The zero-order valence-corrected chi connectivity index (χ0v) is 10.3. The topological polar surface area (TPSA) is 54.2 Å². The summed E-state index contributed by atoms with van der Waals surface area (Å²) >= 11 is 0. The van der Waals surface area contributed by atoms with Crippen LogP contribution in [0.4, 0.5) is 11.7 Å². The highest BCUT2D eigenvalue weighted by Crippen LogP contribution is 2.22. The van der Waals surface area contributed by atoms with Crippen LogP contribution in [-0.4, -0.2) is 23.3 Å². The molecule has 0 radical (unpaired) electrons. The Balaban J connectivity index is 1.68. The van der Waals surface area contributed by atoms with Gasteiger partial charge in [-0.25, -0.2) is 0 Å². The second kappa shape index (κ2) is 4.78. The zero-order chi connectivity index (χ0) is 12.4. The smallest absolute Gasteiger partial charge is 0.322 e. The van der Waals surface area contributed by atoms with Crippen LogP contribution >= 0.6 is 0 Å². The lowest BCUT2D eigenvalue weighted by atomic mass is 10.3. The number of para-hydroxylation sites is 1. The molecule has 2 aromatic rings. The normalized spacial score (nSPS) is 14.7. The Morgan fingerprint density at radius 1 is 1.28 bits per heavy atom. The minimum atomic E-state index is 0.522. The quantitative estimate of drug-likeness (QED) is 0.872. The Morgan fingerprint density at radius 3 is 2.78 bits per heavy atom. The fourth-order valence-electron chi connectivity index (χ4n) is 1.73. The molecule has 18 heavy (non-hydrogen) atoms. The van der Waals surface area contributed by atoms with E-state index in [1.54, 1.807) is 0 Å². The summed E-state index contributed by atoms with van der Waals surface area (Å²) in [5.74, 6) is 0.639. The summed E-state index contributed by atoms with van der Waals surface area (Å²) < 4.78 is 5.62. The number of hydrogen-bond acceptors (Lipinski definition) is 5. The number of aromatic nitrogens is 2. The number of benzene rings is 1. The van der Waals surface area contributed by atoms with Crippen molar-refractivity contribution < 1.29 is 4.42 Å². The van der Waals surface area contributed by atoms with E-state index < -0.39 is 0 Å². The highest BCUT2D eigenvalue weighted by molar-refractivity contribution is 5.54. The molecular weight excluding hydrogens is 228 g/mol. The van der Waals surface area contributed by atoms with E-state index in [0.717, 1.165) is 5.69 Å². The van der Waals surface area contributed by atoms with Crippen LogP contribution in [0.3, 0.4) is 0 Å². The molecule has 1 aromatic carbocycles. The van der Waals surface area contributed by atoms with Crippen LogP contribution in [0.1, 0.15) is 18.7 Å². The number of hydrogen-bond donors (Lipinski definition) is 1. The molecule has 0 unspecified atom stereocenters. The van der Waals surface area contributed by atoms with Gasteiger partial charge in [0.15, 0.2) is 0 Å². The zero-order valence-electron chi connectivity index (χ0n) is 10.3. The van der Waals surface area contributed by atoms with Crippen molar-refractivity contribution in [2.75, 3.05) is 11.9 Å². The lowest BCUT2D eigenvalue weighted by molar-refractivity contribution is 0.471. The van der Waals surface area contributed by atoms with Gasteiger partial charge in [-0.15, -0.1) is 5.10 Å². The van der Waals surface area contributed by atoms with Gasteiger partial charge in [0.1, 0.15) is 0 Å². The van der Waals surface area contributed by atoms with Gasteiger partial charge in [0, 0.05) is 18.8 Å². The Hall–Kier alpha value is -1.88. The average Bonchev–Trinajstić information content (AvgIpc) is 3.14. The van der Waals surface area contributed by atoms with Crippen molar-refractivity contribution in [3.05, 3.63) is 36.2 Å². The van der Waals surface area contributed by atoms with Crippen LogP contribution in [-0.2, 0) is 6.54 Å². The third-order valence-corrected chi connectivity index (χ3v) is 3.01. The van der Waals surface area contributed by atoms with E-state index in [0.29, 0.717) is 24.5 Å². The fourth-order valence-corrected chi connectivity index (χ4v) is 1.73. The van der Waals surface area contributed by atoms with Crippen molar-refractivity contribution in [2.45, 2.75) is 25.4 Å². The Kier molecular flexibility index (Phi) is 2.98. The predicted octanol–water partition coefficient (Wildman–Crippen LogP) is 2.09. The molecule has 0 bridgehead atoms. The van der Waals surface area contributed by atoms with Crippen molar-refractivity contribution in [1.29, 1.82) is 0 Å². The van der Waals surface area contributed by atoms with Crippen molar-refractivity contribution in [3.8, 4) is 0 Å². The number of nitrogens with one attached hydrogen (secondary N) is 1. The van der Waals surface area contributed by atoms with Gasteiger partial charge in [-0.2, -0.15) is 0 Å². The number of rotatable bonds is 5. The standard InChI is InChI=1S/C13H16N4O/c1-17(11-5-3-2-4-6-11)13-16-15-12(18-13)9-14-10-7-8-10/h2-6,10,14H,7-9H2,1H3. The lowest BCUT2D eigenvalue weighted by Crippen LogP contribution is -2.15. The molecule has 1 aliphatic rings. The molecule has 1 N–H and O–H groups in total. The van der Waals surface area contributed by atoms with Crippen molar-refractivity contribution in [3.63, 3.8) is 0 Å². The van der Waals surface area contributed by atoms with E-state index in [9.17, 15) is 0 Å². The molecule has 3 rings (SSSR count). The summed E-state index contributed by atoms with van der Waals surface area (Å²) in [4.78, 5) is 1.88. The van der Waals surface area contributed by atoms with Gasteiger partial charge in [-0.3, -0.25) is 4.90 Å². The van der Waals surface area contributed by atoms with E-state index in [1.165, 1.54) is 12.8 Å². The van der Waals surface area contributed by atoms with Crippen molar-refractivity contribution in [1.82, 2.24) is 15.5 Å². The van der Waals surface area contributed by atoms with Crippen LogP contribution in [0.15, 0.2) is 34.7 Å². The highest BCUT2D eigenvalue weighted by atomic mass is 16.4. The van der Waals surface area contributed by atoms with Crippen molar-refractivity contribution >= 4 is 11.7 Å². The third kappa shape index (κ3) is 2.51. The maximum atomic E-state index is 5.62. The van der Waals surface area contributed by atoms with Crippen LogP contribution < -0.4 is 10.2 Å². The molecule has 1 aliphatic carbocycles. The average molecular weight is 244 g/mol. The largest absolute Gasteiger partial charge is 0.406 e. The molecule has 94 valence electrons. The molecule has 1 saturated carbocycles. The fraction of sp³-hybridized carbons (Fsp3) is 0.385. The first-order valence-corrected chi connectivity index (χ1v) is 6.17. The second-order valence-corrected chi connectivity index (χ2v) is 4.53. The molecule has 0 aliphatic heterocycles. The van der Waals surface area contributed by atoms with Crippen molar-refractivity contribution in [2.24, 2.45) is 0 Å². The van der Waals surface area contributed by atoms with E-state index >= 15 is 0 Å². The van der Waals surface area contributed by atoms with Gasteiger partial charge in [0.25, 0.3) is 0 Å². The first-order chi connectivity index (χ1) is 8.83. The van der Waals surface area contributed by atoms with Crippen LogP contribution in [0.5, 0.6) is 0 Å². The van der Waals surface area contributed by atoms with Gasteiger partial charge in [-0.05, 0) is 25.0 Å². The minimum Gasteiger partial charge on any atom is -0.406 e. The molecule has 0 saturated heterocycles. The monoisotopic (exact) mass is 244 g/mol. The highest BCUT2D eigenvalue weighted by Gasteiger charge is 2.21. The van der Waals surface area contributed by atoms with Crippen LogP contribution in [0.25, 0.3) is 0 Å². The molecule has 1 fully saturated rings. The van der Waals surface area contributed by atoms with Gasteiger partial charge >= 0.3 is 6.01 Å². The van der Waals surface area contributed by atoms with Gasteiger partial charge in [0.05, 0.1) is 6.54 Å². The van der Waals surface area contributed by atoms with Gasteiger partial charge in [0.2, 0.25) is 5.89 Å². The Bertz CT molecular complexity index is 507. The molecule has 0 spiro atoms. The maximum Gasteiger partial charge on any atom is 0.322 e. The van der Waals surface area contributed by atoms with Gasteiger partial charge in [-0.1, -0.05) is 23.3 Å². The van der Waals surface area contributed by atoms with Gasteiger partial charge < -0.3 is 9.73 Å². The molecule has 5 heteroatoms. The summed E-state index contributed by atoms with van der Waals surface area (Å²) in [5.41, 5.74) is 1.03. The first-order valence-electron chi connectivity index (χ1n) is 6.17. The molecule has 0 amide bonds. The Labute approximate surface area is 106 Å². The number of anilines is 2.